The molecule has 1 saturated heterocycles. The van der Waals surface area contributed by atoms with Crippen molar-refractivity contribution in [1.29, 1.82) is 0 Å². The highest BCUT2D eigenvalue weighted by Gasteiger charge is 2.45. The first kappa shape index (κ1) is 29.7. The van der Waals surface area contributed by atoms with Gasteiger partial charge in [-0.25, -0.2) is 4.79 Å². The number of aliphatic hydroxyl groups is 3. The third-order valence-corrected chi connectivity index (χ3v) is 5.02. The zero-order chi connectivity index (χ0) is 26.4. The smallest absolute Gasteiger partial charge is 0.329 e. The zero-order valence-electron chi connectivity index (χ0n) is 20.4. The second kappa shape index (κ2) is 12.4. The molecular weight excluding hydrogens is 452 g/mol. The molecule has 3 amide bonds. The second-order valence-corrected chi connectivity index (χ2v) is 9.62. The number of nitrogens with one attached hydrogen (secondary N) is 3. The van der Waals surface area contributed by atoms with Crippen molar-refractivity contribution < 1.29 is 44.0 Å². The van der Waals surface area contributed by atoms with Gasteiger partial charge in [-0.15, -0.1) is 0 Å². The van der Waals surface area contributed by atoms with Gasteiger partial charge in [0.25, 0.3) is 0 Å². The molecule has 1 rings (SSSR count). The maximum absolute atomic E-state index is 12.8. The molecule has 13 nitrogen and oxygen atoms in total. The molecule has 1 aliphatic rings. The molecule has 0 unspecified atom stereocenters. The largest absolute Gasteiger partial charge is 0.458 e. The number of nitrogens with two attached hydrogens (primary N) is 1. The molecule has 34 heavy (non-hydrogen) atoms. The van der Waals surface area contributed by atoms with E-state index in [2.05, 4.69) is 16.0 Å². The van der Waals surface area contributed by atoms with E-state index in [1.807, 2.05) is 0 Å². The average Bonchev–Trinajstić information content (AvgIpc) is 2.70. The summed E-state index contributed by atoms with van der Waals surface area (Å²) in [6.45, 7) is 8.82. The average molecular weight is 491 g/mol. The molecule has 0 radical (unpaired) electrons. The van der Waals surface area contributed by atoms with Crippen LogP contribution in [-0.2, 0) is 28.7 Å². The highest BCUT2D eigenvalue weighted by Crippen LogP contribution is 2.20. The van der Waals surface area contributed by atoms with Crippen molar-refractivity contribution in [2.75, 3.05) is 6.61 Å². The van der Waals surface area contributed by atoms with Gasteiger partial charge in [0.05, 0.1) is 19.1 Å². The third-order valence-electron chi connectivity index (χ3n) is 5.02. The van der Waals surface area contributed by atoms with Gasteiger partial charge in [0, 0.05) is 6.92 Å². The van der Waals surface area contributed by atoms with Crippen LogP contribution >= 0.6 is 0 Å². The Hall–Kier alpha value is -2.32. The van der Waals surface area contributed by atoms with Crippen molar-refractivity contribution in [3.63, 3.8) is 0 Å². The van der Waals surface area contributed by atoms with E-state index in [-0.39, 0.29) is 5.92 Å². The minimum Gasteiger partial charge on any atom is -0.458 e. The Labute approximate surface area is 198 Å². The lowest BCUT2D eigenvalue weighted by Crippen LogP contribution is -2.68. The van der Waals surface area contributed by atoms with Crippen molar-refractivity contribution >= 4 is 23.7 Å². The first-order valence-electron chi connectivity index (χ1n) is 11.0. The molecule has 8 N–H and O–H groups in total. The summed E-state index contributed by atoms with van der Waals surface area (Å²) in [6, 6.07) is -3.56. The molecule has 0 aromatic heterocycles. The molecule has 0 bridgehead atoms. The van der Waals surface area contributed by atoms with E-state index in [0.29, 0.717) is 0 Å². The fraction of sp³-hybridized carbons (Fsp3) is 0.810. The molecule has 0 aromatic rings. The number of carbonyl (C=O) groups is 4. The summed E-state index contributed by atoms with van der Waals surface area (Å²) in [5.41, 5.74) is 4.94. The Bertz CT molecular complexity index is 740. The quantitative estimate of drug-likeness (QED) is 0.166. The Morgan fingerprint density at radius 1 is 1.09 bits per heavy atom. The second-order valence-electron chi connectivity index (χ2n) is 9.62. The predicted molar refractivity (Wildman–Crippen MR) is 119 cm³/mol. The van der Waals surface area contributed by atoms with Crippen molar-refractivity contribution in [2.45, 2.75) is 96.2 Å². The van der Waals surface area contributed by atoms with Gasteiger partial charge in [-0.3, -0.25) is 14.4 Å². The fourth-order valence-electron chi connectivity index (χ4n) is 3.18. The van der Waals surface area contributed by atoms with Gasteiger partial charge in [-0.05, 0) is 26.7 Å². The van der Waals surface area contributed by atoms with E-state index >= 15 is 0 Å². The molecule has 13 heteroatoms. The summed E-state index contributed by atoms with van der Waals surface area (Å²) in [6.07, 6.45) is -6.25. The lowest BCUT2D eigenvalue weighted by Gasteiger charge is -2.42. The molecule has 7 atom stereocenters. The number of hydrogen-bond donors (Lipinski definition) is 7. The van der Waals surface area contributed by atoms with Crippen molar-refractivity contribution in [2.24, 2.45) is 11.7 Å². The molecule has 0 saturated carbocycles. The molecule has 0 aliphatic carbocycles. The normalized spacial score (nSPS) is 26.9. The zero-order valence-corrected chi connectivity index (χ0v) is 20.4. The number of esters is 1. The predicted octanol–water partition coefficient (Wildman–Crippen LogP) is -2.75. The lowest BCUT2D eigenvalue weighted by atomic mass is 9.95. The van der Waals surface area contributed by atoms with Crippen LogP contribution in [0, 0.1) is 5.92 Å². The third kappa shape index (κ3) is 8.80. The van der Waals surface area contributed by atoms with Crippen LogP contribution in [0.25, 0.3) is 0 Å². The van der Waals surface area contributed by atoms with E-state index < -0.39 is 85.0 Å². The van der Waals surface area contributed by atoms with Crippen LogP contribution in [0.1, 0.15) is 48.0 Å². The summed E-state index contributed by atoms with van der Waals surface area (Å²) in [4.78, 5) is 49.4. The number of aliphatic hydroxyl groups excluding tert-OH is 3. The lowest BCUT2D eigenvalue weighted by molar-refractivity contribution is -0.203. The minimum atomic E-state index is -1.56. The van der Waals surface area contributed by atoms with Crippen LogP contribution in [-0.4, -0.2) is 93.9 Å². The van der Waals surface area contributed by atoms with Gasteiger partial charge in [0.1, 0.15) is 36.0 Å². The molecular formula is C21H38N4O9. The molecule has 0 aromatic carbocycles. The van der Waals surface area contributed by atoms with E-state index in [1.165, 1.54) is 6.92 Å². The minimum absolute atomic E-state index is 0.231. The summed E-state index contributed by atoms with van der Waals surface area (Å²) in [5, 5.41) is 37.1. The van der Waals surface area contributed by atoms with E-state index in [9.17, 15) is 34.5 Å². The van der Waals surface area contributed by atoms with Gasteiger partial charge in [0.2, 0.25) is 17.7 Å². The van der Waals surface area contributed by atoms with Gasteiger partial charge in [-0.1, -0.05) is 13.8 Å². The standard InChI is InChI=1S/C21H38N4O9/c1-9(2)14(22)18(31)24-11(20(32)34-21(4,5)6)7-13(28)25-19-15(23-10(3)27)17(30)16(29)12(8-26)33-19/h9,11-12,14-17,19,26,29-30H,7-8,22H2,1-6H3,(H,23,27)(H,24,31)(H,25,28)/t11-,12+,14-,15+,16+,17+,19+/m0/s1. The van der Waals surface area contributed by atoms with E-state index in [0.717, 1.165) is 0 Å². The number of amides is 3. The van der Waals surface area contributed by atoms with Gasteiger partial charge in [-0.2, -0.15) is 0 Å². The maximum atomic E-state index is 12.8. The van der Waals surface area contributed by atoms with E-state index in [1.54, 1.807) is 34.6 Å². The van der Waals surface area contributed by atoms with Gasteiger partial charge >= 0.3 is 5.97 Å². The van der Waals surface area contributed by atoms with E-state index in [4.69, 9.17) is 15.2 Å². The molecule has 196 valence electrons. The summed E-state index contributed by atoms with van der Waals surface area (Å²) in [5.74, 6) is -3.11. The van der Waals surface area contributed by atoms with Crippen molar-refractivity contribution in [3.8, 4) is 0 Å². The van der Waals surface area contributed by atoms with Crippen molar-refractivity contribution in [1.82, 2.24) is 16.0 Å². The Kier molecular flexibility index (Phi) is 10.8. The fourth-order valence-corrected chi connectivity index (χ4v) is 3.18. The molecule has 1 heterocycles. The Morgan fingerprint density at radius 3 is 2.15 bits per heavy atom. The highest BCUT2D eigenvalue weighted by atomic mass is 16.6. The number of ether oxygens (including phenoxy) is 2. The SMILES string of the molecule is CC(=O)N[C@@H]1[C@@H](O)[C@H](O)[C@@H](CO)O[C@H]1NC(=O)C[C@H](NC(=O)[C@@H](N)C(C)C)C(=O)OC(C)(C)C. The molecule has 0 spiro atoms. The summed E-state index contributed by atoms with van der Waals surface area (Å²) < 4.78 is 10.7. The topological polar surface area (TPSA) is 210 Å². The molecule has 1 fully saturated rings. The van der Waals surface area contributed by atoms with Crippen LogP contribution in [0.15, 0.2) is 0 Å². The van der Waals surface area contributed by atoms with Crippen molar-refractivity contribution in [3.05, 3.63) is 0 Å². The van der Waals surface area contributed by atoms with Gasteiger partial charge < -0.3 is 46.5 Å². The number of hydrogen-bond acceptors (Lipinski definition) is 10. The van der Waals surface area contributed by atoms with Gasteiger partial charge in [0.15, 0.2) is 6.23 Å². The number of rotatable bonds is 9. The number of carbonyl (C=O) groups excluding carboxylic acids is 4. The van der Waals surface area contributed by atoms with Crippen LogP contribution < -0.4 is 21.7 Å². The summed E-state index contributed by atoms with van der Waals surface area (Å²) >= 11 is 0. The van der Waals surface area contributed by atoms with Crippen LogP contribution in [0.4, 0.5) is 0 Å². The Morgan fingerprint density at radius 2 is 1.68 bits per heavy atom. The Balaban J connectivity index is 3.04. The first-order chi connectivity index (χ1) is 15.6. The molecule has 1 aliphatic heterocycles. The van der Waals surface area contributed by atoms with Crippen LogP contribution in [0.5, 0.6) is 0 Å². The monoisotopic (exact) mass is 490 g/mol. The maximum Gasteiger partial charge on any atom is 0.329 e. The van der Waals surface area contributed by atoms with Crippen LogP contribution in [0.3, 0.4) is 0 Å². The summed E-state index contributed by atoms with van der Waals surface area (Å²) in [7, 11) is 0. The van der Waals surface area contributed by atoms with Crippen LogP contribution in [0.2, 0.25) is 0 Å². The highest BCUT2D eigenvalue weighted by molar-refractivity contribution is 5.91. The first-order valence-corrected chi connectivity index (χ1v) is 11.0.